The molecule has 0 aliphatic heterocycles. The summed E-state index contributed by atoms with van der Waals surface area (Å²) in [5.41, 5.74) is 4.30. The van der Waals surface area contributed by atoms with Crippen LogP contribution in [0.4, 0.5) is 0 Å². The molecule has 0 aliphatic carbocycles. The van der Waals surface area contributed by atoms with Crippen molar-refractivity contribution in [1.29, 1.82) is 0 Å². The maximum absolute atomic E-state index is 2.25. The van der Waals surface area contributed by atoms with E-state index in [1.54, 1.807) is 0 Å². The molecule has 0 heterocycles. The van der Waals surface area contributed by atoms with Crippen LogP contribution in [0.3, 0.4) is 0 Å². The Morgan fingerprint density at radius 3 is 2.12 bits per heavy atom. The van der Waals surface area contributed by atoms with Crippen molar-refractivity contribution in [3.63, 3.8) is 0 Å². The summed E-state index contributed by atoms with van der Waals surface area (Å²) in [6, 6.07) is 19.4. The van der Waals surface area contributed by atoms with Crippen molar-refractivity contribution in [2.45, 2.75) is 26.2 Å². The predicted molar refractivity (Wildman–Crippen MR) is 69.8 cm³/mol. The van der Waals surface area contributed by atoms with Gasteiger partial charge in [0.1, 0.15) is 0 Å². The van der Waals surface area contributed by atoms with Gasteiger partial charge in [0.05, 0.1) is 0 Å². The van der Waals surface area contributed by atoms with Crippen LogP contribution < -0.4 is 0 Å². The van der Waals surface area contributed by atoms with Gasteiger partial charge in [0.2, 0.25) is 0 Å². The van der Waals surface area contributed by atoms with Gasteiger partial charge in [-0.05, 0) is 29.0 Å². The van der Waals surface area contributed by atoms with Gasteiger partial charge in [-0.15, -0.1) is 0 Å². The van der Waals surface area contributed by atoms with E-state index >= 15 is 0 Å². The Morgan fingerprint density at radius 2 is 1.44 bits per heavy atom. The molecule has 0 fully saturated rings. The lowest BCUT2D eigenvalue weighted by Crippen LogP contribution is -1.97. The zero-order valence-corrected chi connectivity index (χ0v) is 9.98. The molecule has 0 N–H and O–H groups in total. The van der Waals surface area contributed by atoms with E-state index in [2.05, 4.69) is 68.4 Å². The maximum Gasteiger partial charge on any atom is -0.00229 e. The molecule has 0 aliphatic rings. The fourth-order valence-electron chi connectivity index (χ4n) is 2.07. The summed E-state index contributed by atoms with van der Waals surface area (Å²) < 4.78 is 0. The lowest BCUT2D eigenvalue weighted by Gasteiger charge is -2.12. The average molecular weight is 210 g/mol. The molecule has 0 amide bonds. The average Bonchev–Trinajstić information content (AvgIpc) is 2.31. The molecule has 0 aromatic heterocycles. The van der Waals surface area contributed by atoms with E-state index in [0.29, 0.717) is 5.92 Å². The van der Waals surface area contributed by atoms with Crippen LogP contribution in [0.5, 0.6) is 0 Å². The highest BCUT2D eigenvalue weighted by Gasteiger charge is 2.05. The molecule has 0 spiro atoms. The van der Waals surface area contributed by atoms with Gasteiger partial charge in [-0.2, -0.15) is 0 Å². The van der Waals surface area contributed by atoms with E-state index in [1.807, 2.05) is 0 Å². The van der Waals surface area contributed by atoms with Crippen LogP contribution in [0.1, 0.15) is 36.5 Å². The molecular weight excluding hydrogens is 192 g/mol. The zero-order valence-electron chi connectivity index (χ0n) is 9.98. The second kappa shape index (κ2) is 4.98. The van der Waals surface area contributed by atoms with Gasteiger partial charge in [0.15, 0.2) is 0 Å². The Kier molecular flexibility index (Phi) is 3.40. The summed E-state index contributed by atoms with van der Waals surface area (Å²) in [6.45, 7) is 4.51. The molecule has 0 nitrogen and oxygen atoms in total. The van der Waals surface area contributed by atoms with Crippen molar-refractivity contribution >= 4 is 0 Å². The standard InChI is InChI=1S/C16H18/c1-13(2)16-11-7-6-10-15(16)12-14-8-4-3-5-9-14/h3-11,13H,12H2,1-2H3. The van der Waals surface area contributed by atoms with Crippen molar-refractivity contribution in [2.75, 3.05) is 0 Å². The Bertz CT molecular complexity index is 441. The van der Waals surface area contributed by atoms with Crippen LogP contribution in [-0.2, 0) is 6.42 Å². The Balaban J connectivity index is 2.28. The largest absolute Gasteiger partial charge is 0.0622 e. The van der Waals surface area contributed by atoms with Crippen LogP contribution in [0.2, 0.25) is 0 Å². The first kappa shape index (κ1) is 10.9. The third kappa shape index (κ3) is 2.52. The molecular formula is C16H18. The summed E-state index contributed by atoms with van der Waals surface area (Å²) in [5.74, 6) is 0.597. The van der Waals surface area contributed by atoms with E-state index < -0.39 is 0 Å². The fourth-order valence-corrected chi connectivity index (χ4v) is 2.07. The molecule has 82 valence electrons. The van der Waals surface area contributed by atoms with Crippen molar-refractivity contribution in [1.82, 2.24) is 0 Å². The van der Waals surface area contributed by atoms with Crippen LogP contribution in [0.15, 0.2) is 54.6 Å². The number of hydrogen-bond acceptors (Lipinski definition) is 0. The summed E-state index contributed by atoms with van der Waals surface area (Å²) in [5, 5.41) is 0. The van der Waals surface area contributed by atoms with Crippen molar-refractivity contribution in [2.24, 2.45) is 0 Å². The highest BCUT2D eigenvalue weighted by atomic mass is 14.1. The lowest BCUT2D eigenvalue weighted by molar-refractivity contribution is 0.848. The summed E-state index contributed by atoms with van der Waals surface area (Å²) in [6.07, 6.45) is 1.04. The molecule has 0 atom stereocenters. The summed E-state index contributed by atoms with van der Waals surface area (Å²) in [7, 11) is 0. The van der Waals surface area contributed by atoms with Crippen molar-refractivity contribution in [3.8, 4) is 0 Å². The first-order valence-corrected chi connectivity index (χ1v) is 5.89. The highest BCUT2D eigenvalue weighted by molar-refractivity contribution is 5.34. The molecule has 0 saturated carbocycles. The molecule has 2 aromatic carbocycles. The third-order valence-electron chi connectivity index (χ3n) is 2.91. The molecule has 2 rings (SSSR count). The normalized spacial score (nSPS) is 10.7. The highest BCUT2D eigenvalue weighted by Crippen LogP contribution is 2.21. The maximum atomic E-state index is 2.25. The first-order valence-electron chi connectivity index (χ1n) is 5.89. The zero-order chi connectivity index (χ0) is 11.4. The van der Waals surface area contributed by atoms with Crippen LogP contribution in [0.25, 0.3) is 0 Å². The van der Waals surface area contributed by atoms with Gasteiger partial charge in [-0.3, -0.25) is 0 Å². The molecule has 2 aromatic rings. The van der Waals surface area contributed by atoms with Crippen molar-refractivity contribution in [3.05, 3.63) is 71.3 Å². The third-order valence-corrected chi connectivity index (χ3v) is 2.91. The van der Waals surface area contributed by atoms with Crippen LogP contribution >= 0.6 is 0 Å². The molecule has 0 heteroatoms. The first-order chi connectivity index (χ1) is 7.77. The van der Waals surface area contributed by atoms with Gasteiger partial charge in [-0.1, -0.05) is 68.4 Å². The van der Waals surface area contributed by atoms with E-state index in [9.17, 15) is 0 Å². The minimum absolute atomic E-state index is 0.597. The Hall–Kier alpha value is -1.56. The van der Waals surface area contributed by atoms with Crippen LogP contribution in [0, 0.1) is 0 Å². The van der Waals surface area contributed by atoms with Crippen molar-refractivity contribution < 1.29 is 0 Å². The van der Waals surface area contributed by atoms with Crippen LogP contribution in [-0.4, -0.2) is 0 Å². The van der Waals surface area contributed by atoms with E-state index in [1.165, 1.54) is 16.7 Å². The summed E-state index contributed by atoms with van der Waals surface area (Å²) >= 11 is 0. The second-order valence-corrected chi connectivity index (χ2v) is 4.52. The lowest BCUT2D eigenvalue weighted by atomic mass is 9.93. The second-order valence-electron chi connectivity index (χ2n) is 4.52. The topological polar surface area (TPSA) is 0 Å². The molecule has 0 saturated heterocycles. The van der Waals surface area contributed by atoms with E-state index in [0.717, 1.165) is 6.42 Å². The smallest absolute Gasteiger partial charge is 0.00229 e. The van der Waals surface area contributed by atoms with Gasteiger partial charge in [-0.25, -0.2) is 0 Å². The quantitative estimate of drug-likeness (QED) is 0.704. The summed E-state index contributed by atoms with van der Waals surface area (Å²) in [4.78, 5) is 0. The Morgan fingerprint density at radius 1 is 0.812 bits per heavy atom. The number of hydrogen-bond donors (Lipinski definition) is 0. The SMILES string of the molecule is CC(C)c1ccccc1Cc1ccccc1. The molecule has 0 radical (unpaired) electrons. The predicted octanol–water partition coefficient (Wildman–Crippen LogP) is 4.40. The molecule has 16 heavy (non-hydrogen) atoms. The van der Waals surface area contributed by atoms with E-state index in [-0.39, 0.29) is 0 Å². The minimum Gasteiger partial charge on any atom is -0.0622 e. The van der Waals surface area contributed by atoms with Gasteiger partial charge in [0, 0.05) is 0 Å². The Labute approximate surface area is 97.9 Å². The molecule has 0 bridgehead atoms. The van der Waals surface area contributed by atoms with Gasteiger partial charge < -0.3 is 0 Å². The monoisotopic (exact) mass is 210 g/mol. The van der Waals surface area contributed by atoms with E-state index in [4.69, 9.17) is 0 Å². The number of benzene rings is 2. The number of rotatable bonds is 3. The molecule has 0 unspecified atom stereocenters. The minimum atomic E-state index is 0.597. The van der Waals surface area contributed by atoms with Gasteiger partial charge >= 0.3 is 0 Å². The fraction of sp³-hybridized carbons (Fsp3) is 0.250. The van der Waals surface area contributed by atoms with Gasteiger partial charge in [0.25, 0.3) is 0 Å².